The van der Waals surface area contributed by atoms with Crippen LogP contribution in [0.15, 0.2) is 47.3 Å². The van der Waals surface area contributed by atoms with Crippen LogP contribution < -0.4 is 24.3 Å². The van der Waals surface area contributed by atoms with Crippen molar-refractivity contribution in [1.29, 1.82) is 0 Å². The number of hydrogen-bond acceptors (Lipinski definition) is 7. The molecular weight excluding hydrogens is 378 g/mol. The number of aromatic nitrogens is 3. The Labute approximate surface area is 164 Å². The van der Waals surface area contributed by atoms with Gasteiger partial charge in [-0.3, -0.25) is 4.79 Å². The highest BCUT2D eigenvalue weighted by atomic mass is 32.1. The molecule has 0 atom stereocenters. The maximum Gasteiger partial charge on any atom is 0.276 e. The monoisotopic (exact) mass is 395 g/mol. The summed E-state index contributed by atoms with van der Waals surface area (Å²) in [4.78, 5) is 13.6. The molecule has 2 aromatic carbocycles. The van der Waals surface area contributed by atoms with Gasteiger partial charge in [-0.05, 0) is 12.1 Å². The van der Waals surface area contributed by atoms with E-state index in [0.717, 1.165) is 5.56 Å². The minimum Gasteiger partial charge on any atom is -0.496 e. The highest BCUT2D eigenvalue weighted by Crippen LogP contribution is 2.35. The third-order valence-electron chi connectivity index (χ3n) is 4.30. The summed E-state index contributed by atoms with van der Waals surface area (Å²) in [6.07, 6.45) is 1.76. The Hall–Kier alpha value is -3.39. The first-order valence-corrected chi connectivity index (χ1v) is 9.23. The summed E-state index contributed by atoms with van der Waals surface area (Å²) in [5.41, 5.74) is 1.36. The molecule has 0 fully saturated rings. The average molecular weight is 395 g/mol. The highest BCUT2D eigenvalue weighted by Gasteiger charge is 2.15. The lowest BCUT2D eigenvalue weighted by molar-refractivity contribution is 0.348. The van der Waals surface area contributed by atoms with Gasteiger partial charge in [-0.25, -0.2) is 4.40 Å². The van der Waals surface area contributed by atoms with Crippen molar-refractivity contribution in [2.45, 2.75) is 0 Å². The summed E-state index contributed by atoms with van der Waals surface area (Å²) in [5, 5.41) is 8.32. The van der Waals surface area contributed by atoms with Crippen LogP contribution in [-0.2, 0) is 0 Å². The maximum absolute atomic E-state index is 13.0. The number of benzene rings is 2. The van der Waals surface area contributed by atoms with Crippen LogP contribution in [0.5, 0.6) is 17.2 Å². The van der Waals surface area contributed by atoms with Crippen molar-refractivity contribution in [1.82, 2.24) is 14.6 Å². The summed E-state index contributed by atoms with van der Waals surface area (Å²) < 4.78 is 18.2. The number of rotatable bonds is 5. The fraction of sp³-hybridized carbons (Fsp3) is 0.150. The Morgan fingerprint density at radius 1 is 0.929 bits per heavy atom. The summed E-state index contributed by atoms with van der Waals surface area (Å²) >= 11 is 1.27. The molecule has 0 aliphatic heterocycles. The van der Waals surface area contributed by atoms with Crippen LogP contribution in [0.4, 0.5) is 0 Å². The second-order valence-corrected chi connectivity index (χ2v) is 6.88. The molecule has 0 aliphatic carbocycles. The van der Waals surface area contributed by atoms with Crippen LogP contribution in [0.1, 0.15) is 5.56 Å². The Kier molecular flexibility index (Phi) is 4.70. The lowest BCUT2D eigenvalue weighted by atomic mass is 10.1. The van der Waals surface area contributed by atoms with Crippen molar-refractivity contribution in [2.24, 2.45) is 0 Å². The number of thiazole rings is 1. The first-order valence-electron chi connectivity index (χ1n) is 8.41. The molecule has 2 heterocycles. The summed E-state index contributed by atoms with van der Waals surface area (Å²) in [6.45, 7) is 0. The number of fused-ring (bicyclic) bond motifs is 1. The summed E-state index contributed by atoms with van der Waals surface area (Å²) in [6, 6.07) is 13.0. The highest BCUT2D eigenvalue weighted by molar-refractivity contribution is 7.15. The zero-order valence-electron chi connectivity index (χ0n) is 15.5. The Balaban J connectivity index is 1.91. The van der Waals surface area contributed by atoms with E-state index in [9.17, 15) is 4.79 Å². The van der Waals surface area contributed by atoms with Crippen LogP contribution in [-0.4, -0.2) is 35.9 Å². The molecule has 28 heavy (non-hydrogen) atoms. The van der Waals surface area contributed by atoms with Crippen molar-refractivity contribution in [3.8, 4) is 28.6 Å². The Morgan fingerprint density at radius 3 is 2.29 bits per heavy atom. The van der Waals surface area contributed by atoms with Gasteiger partial charge in [0.2, 0.25) is 4.96 Å². The van der Waals surface area contributed by atoms with Gasteiger partial charge < -0.3 is 14.2 Å². The van der Waals surface area contributed by atoms with Gasteiger partial charge in [0.25, 0.3) is 5.56 Å². The molecule has 0 saturated carbocycles. The van der Waals surface area contributed by atoms with Gasteiger partial charge in [0.05, 0.1) is 25.9 Å². The van der Waals surface area contributed by atoms with Crippen molar-refractivity contribution in [2.75, 3.05) is 21.3 Å². The number of nitrogens with zero attached hydrogens (tertiary/aromatic N) is 3. The normalized spacial score (nSPS) is 11.8. The van der Waals surface area contributed by atoms with Gasteiger partial charge in [0, 0.05) is 17.2 Å². The zero-order chi connectivity index (χ0) is 19.7. The second-order valence-electron chi connectivity index (χ2n) is 5.87. The summed E-state index contributed by atoms with van der Waals surface area (Å²) in [7, 11) is 4.68. The van der Waals surface area contributed by atoms with E-state index < -0.39 is 0 Å². The van der Waals surface area contributed by atoms with Crippen LogP contribution in [0.3, 0.4) is 0 Å². The molecule has 0 bridgehead atoms. The minimum absolute atomic E-state index is 0.180. The molecule has 0 aliphatic rings. The predicted molar refractivity (Wildman–Crippen MR) is 107 cm³/mol. The first kappa shape index (κ1) is 18.0. The smallest absolute Gasteiger partial charge is 0.276 e. The zero-order valence-corrected chi connectivity index (χ0v) is 16.3. The van der Waals surface area contributed by atoms with Gasteiger partial charge in [-0.2, -0.15) is 0 Å². The SMILES string of the molecule is COc1cc(OC)c(OC)cc1/C=c1/sc2nnc(-c3ccccc3)n2c1=O. The van der Waals surface area contributed by atoms with Gasteiger partial charge in [0.1, 0.15) is 5.75 Å². The van der Waals surface area contributed by atoms with Gasteiger partial charge in [0.15, 0.2) is 17.3 Å². The van der Waals surface area contributed by atoms with Crippen LogP contribution in [0.25, 0.3) is 22.4 Å². The quantitative estimate of drug-likeness (QED) is 0.517. The van der Waals surface area contributed by atoms with Crippen molar-refractivity contribution >= 4 is 22.4 Å². The van der Waals surface area contributed by atoms with Crippen LogP contribution in [0.2, 0.25) is 0 Å². The molecule has 0 spiro atoms. The molecule has 0 N–H and O–H groups in total. The van der Waals surface area contributed by atoms with Gasteiger partial charge >= 0.3 is 0 Å². The third kappa shape index (κ3) is 2.97. The molecular formula is C20H17N3O4S. The number of methoxy groups -OCH3 is 3. The van der Waals surface area contributed by atoms with E-state index in [1.54, 1.807) is 39.5 Å². The molecule has 4 rings (SSSR count). The van der Waals surface area contributed by atoms with Crippen LogP contribution >= 0.6 is 11.3 Å². The van der Waals surface area contributed by atoms with Gasteiger partial charge in [-0.15, -0.1) is 10.2 Å². The standard InChI is InChI=1S/C20H17N3O4S/c1-25-14-11-16(27-3)15(26-2)9-13(14)10-17-19(24)23-18(21-22-20(23)28-17)12-7-5-4-6-8-12/h4-11H,1-3H3/b17-10+. The van der Waals surface area contributed by atoms with Crippen molar-refractivity contribution in [3.63, 3.8) is 0 Å². The van der Waals surface area contributed by atoms with E-state index in [0.29, 0.717) is 38.1 Å². The van der Waals surface area contributed by atoms with E-state index in [1.807, 2.05) is 30.3 Å². The first-order chi connectivity index (χ1) is 13.7. The van der Waals surface area contributed by atoms with Crippen molar-refractivity contribution < 1.29 is 14.2 Å². The van der Waals surface area contributed by atoms with E-state index >= 15 is 0 Å². The molecule has 8 heteroatoms. The van der Waals surface area contributed by atoms with E-state index in [1.165, 1.54) is 15.7 Å². The fourth-order valence-corrected chi connectivity index (χ4v) is 3.85. The maximum atomic E-state index is 13.0. The van der Waals surface area contributed by atoms with E-state index in [4.69, 9.17) is 14.2 Å². The number of hydrogen-bond donors (Lipinski definition) is 0. The third-order valence-corrected chi connectivity index (χ3v) is 5.26. The Bertz CT molecular complexity index is 1250. The molecule has 0 amide bonds. The molecule has 0 saturated heterocycles. The number of ether oxygens (including phenoxy) is 3. The molecule has 142 valence electrons. The fourth-order valence-electron chi connectivity index (χ4n) is 2.94. The summed E-state index contributed by atoms with van der Waals surface area (Å²) in [5.74, 6) is 2.20. The largest absolute Gasteiger partial charge is 0.496 e. The lowest BCUT2D eigenvalue weighted by Crippen LogP contribution is -2.23. The minimum atomic E-state index is -0.180. The van der Waals surface area contributed by atoms with Gasteiger partial charge in [-0.1, -0.05) is 41.7 Å². The predicted octanol–water partition coefficient (Wildman–Crippen LogP) is 2.39. The topological polar surface area (TPSA) is 74.9 Å². The molecule has 0 radical (unpaired) electrons. The average Bonchev–Trinajstić information content (AvgIpc) is 3.28. The van der Waals surface area contributed by atoms with Crippen LogP contribution in [0, 0.1) is 0 Å². The Morgan fingerprint density at radius 2 is 1.61 bits per heavy atom. The molecule has 0 unspecified atom stereocenters. The second kappa shape index (κ2) is 7.32. The lowest BCUT2D eigenvalue weighted by Gasteiger charge is -2.11. The molecule has 4 aromatic rings. The van der Waals surface area contributed by atoms with E-state index in [-0.39, 0.29) is 5.56 Å². The van der Waals surface area contributed by atoms with Crippen molar-refractivity contribution in [3.05, 3.63) is 62.9 Å². The molecule has 7 nitrogen and oxygen atoms in total. The molecule has 2 aromatic heterocycles. The van der Waals surface area contributed by atoms with E-state index in [2.05, 4.69) is 10.2 Å².